The van der Waals surface area contributed by atoms with Crippen LogP contribution in [0.25, 0.3) is 6.08 Å². The second-order valence-electron chi connectivity index (χ2n) is 15.8. The molecule has 3 aliphatic heterocycles. The van der Waals surface area contributed by atoms with Crippen molar-refractivity contribution in [2.24, 2.45) is 17.8 Å². The van der Waals surface area contributed by atoms with Crippen LogP contribution >= 0.6 is 0 Å². The molecule has 1 aromatic rings. The van der Waals surface area contributed by atoms with E-state index in [0.29, 0.717) is 35.5 Å². The lowest BCUT2D eigenvalue weighted by Gasteiger charge is -2.47. The number of fused-ring (bicyclic) bond motifs is 2. The van der Waals surface area contributed by atoms with Crippen molar-refractivity contribution in [2.75, 3.05) is 0 Å². The van der Waals surface area contributed by atoms with Gasteiger partial charge >= 0.3 is 5.97 Å². The SMILES string of the molecule is CCC1C(=O)c2c(O)c3c(c(CC=C(C)C)c2OC1C1[C@H](C)CC(=O)C(C)(C/C=C(/C)C(=O)O)OC1(C)C)OC(C)(CCC=C(C)C)C=C3. The minimum absolute atomic E-state index is 0.113. The van der Waals surface area contributed by atoms with Crippen LogP contribution in [-0.4, -0.2) is 50.7 Å². The van der Waals surface area contributed by atoms with E-state index in [1.807, 2.05) is 60.6 Å². The Kier molecular flexibility index (Phi) is 11.1. The van der Waals surface area contributed by atoms with Crippen LogP contribution in [0.5, 0.6) is 17.2 Å². The van der Waals surface area contributed by atoms with Crippen molar-refractivity contribution < 1.29 is 38.8 Å². The Morgan fingerprint density at radius 1 is 1.00 bits per heavy atom. The Hall–Kier alpha value is -3.65. The van der Waals surface area contributed by atoms with Gasteiger partial charge in [-0.05, 0) is 106 Å². The number of aromatic hydroxyl groups is 1. The summed E-state index contributed by atoms with van der Waals surface area (Å²) in [6, 6.07) is 0. The molecule has 8 nitrogen and oxygen atoms in total. The highest BCUT2D eigenvalue weighted by atomic mass is 16.5. The smallest absolute Gasteiger partial charge is 0.330 e. The first-order chi connectivity index (χ1) is 22.7. The fourth-order valence-corrected chi connectivity index (χ4v) is 7.83. The third-order valence-electron chi connectivity index (χ3n) is 10.5. The maximum atomic E-state index is 14.6. The maximum Gasteiger partial charge on any atom is 0.330 e. The number of ketones is 2. The van der Waals surface area contributed by atoms with Gasteiger partial charge in [0.2, 0.25) is 0 Å². The van der Waals surface area contributed by atoms with Crippen LogP contribution in [0.15, 0.2) is 41.0 Å². The number of ether oxygens (including phenoxy) is 3. The minimum Gasteiger partial charge on any atom is -0.506 e. The van der Waals surface area contributed by atoms with Crippen molar-refractivity contribution in [1.82, 2.24) is 0 Å². The number of Topliss-reactive ketones (excluding diaryl/α,β-unsaturated/α-hetero) is 2. The zero-order valence-corrected chi connectivity index (χ0v) is 31.3. The monoisotopic (exact) mass is 676 g/mol. The molecule has 2 N–H and O–H groups in total. The number of hydrogen-bond acceptors (Lipinski definition) is 7. The molecule has 1 fully saturated rings. The Morgan fingerprint density at radius 2 is 1.65 bits per heavy atom. The topological polar surface area (TPSA) is 119 Å². The summed E-state index contributed by atoms with van der Waals surface area (Å²) >= 11 is 0. The molecule has 4 rings (SSSR count). The zero-order valence-electron chi connectivity index (χ0n) is 31.3. The number of aliphatic carboxylic acids is 1. The molecule has 0 bridgehead atoms. The number of hydrogen-bond donors (Lipinski definition) is 2. The summed E-state index contributed by atoms with van der Waals surface area (Å²) < 4.78 is 20.5. The Balaban J connectivity index is 1.85. The van der Waals surface area contributed by atoms with Crippen LogP contribution in [-0.2, 0) is 20.7 Å². The molecule has 0 amide bonds. The molecule has 5 unspecified atom stereocenters. The first kappa shape index (κ1) is 38.2. The molecular weight excluding hydrogens is 620 g/mol. The molecule has 0 saturated carbocycles. The van der Waals surface area contributed by atoms with Gasteiger partial charge in [-0.3, -0.25) is 9.59 Å². The van der Waals surface area contributed by atoms with Crippen LogP contribution in [0.3, 0.4) is 0 Å². The van der Waals surface area contributed by atoms with Crippen molar-refractivity contribution in [3.63, 3.8) is 0 Å². The number of allylic oxidation sites excluding steroid dienone is 4. The molecule has 8 heteroatoms. The van der Waals surface area contributed by atoms with Gasteiger partial charge in [-0.15, -0.1) is 0 Å². The van der Waals surface area contributed by atoms with Gasteiger partial charge in [0, 0.05) is 29.9 Å². The fourth-order valence-electron chi connectivity index (χ4n) is 7.83. The van der Waals surface area contributed by atoms with Crippen LogP contribution in [0.2, 0.25) is 0 Å². The summed E-state index contributed by atoms with van der Waals surface area (Å²) in [6.07, 6.45) is 11.7. The van der Waals surface area contributed by atoms with E-state index in [1.165, 1.54) is 18.6 Å². The van der Waals surface area contributed by atoms with Gasteiger partial charge in [0.1, 0.15) is 40.1 Å². The van der Waals surface area contributed by atoms with Crippen LogP contribution in [0.4, 0.5) is 0 Å². The van der Waals surface area contributed by atoms with E-state index in [1.54, 1.807) is 6.92 Å². The lowest BCUT2D eigenvalue weighted by molar-refractivity contribution is -0.178. The molecule has 0 aliphatic carbocycles. The highest BCUT2D eigenvalue weighted by molar-refractivity contribution is 6.06. The summed E-state index contributed by atoms with van der Waals surface area (Å²) in [6.45, 7) is 21.2. The predicted molar refractivity (Wildman–Crippen MR) is 192 cm³/mol. The van der Waals surface area contributed by atoms with Crippen LogP contribution in [0.1, 0.15) is 130 Å². The van der Waals surface area contributed by atoms with Crippen molar-refractivity contribution in [1.29, 1.82) is 0 Å². The van der Waals surface area contributed by atoms with Gasteiger partial charge < -0.3 is 24.4 Å². The van der Waals surface area contributed by atoms with E-state index in [2.05, 4.69) is 26.0 Å². The molecule has 0 radical (unpaired) electrons. The average molecular weight is 677 g/mol. The molecule has 268 valence electrons. The summed E-state index contributed by atoms with van der Waals surface area (Å²) in [5, 5.41) is 21.2. The van der Waals surface area contributed by atoms with Gasteiger partial charge in [-0.25, -0.2) is 4.79 Å². The van der Waals surface area contributed by atoms with E-state index < -0.39 is 40.7 Å². The number of phenolic OH excluding ortho intramolecular Hbond substituents is 1. The van der Waals surface area contributed by atoms with Crippen molar-refractivity contribution in [3.05, 3.63) is 57.7 Å². The molecule has 0 spiro atoms. The van der Waals surface area contributed by atoms with E-state index >= 15 is 0 Å². The number of carbonyl (C=O) groups is 3. The molecule has 0 aromatic heterocycles. The first-order valence-electron chi connectivity index (χ1n) is 17.7. The third kappa shape index (κ3) is 7.74. The zero-order chi connectivity index (χ0) is 36.6. The molecule has 3 heterocycles. The van der Waals surface area contributed by atoms with Crippen molar-refractivity contribution >= 4 is 23.6 Å². The quantitative estimate of drug-likeness (QED) is 0.186. The second kappa shape index (κ2) is 14.3. The highest BCUT2D eigenvalue weighted by Crippen LogP contribution is 2.54. The molecule has 6 atom stereocenters. The van der Waals surface area contributed by atoms with E-state index in [9.17, 15) is 24.6 Å². The number of rotatable bonds is 10. The number of carboxylic acids is 1. The first-order valence-corrected chi connectivity index (χ1v) is 17.7. The number of phenols is 1. The normalized spacial score (nSPS) is 29.2. The summed E-state index contributed by atoms with van der Waals surface area (Å²) in [5.74, 6) is -1.87. The lowest BCUT2D eigenvalue weighted by Crippen LogP contribution is -2.54. The number of carbonyl (C=O) groups excluding carboxylic acids is 2. The van der Waals surface area contributed by atoms with E-state index in [4.69, 9.17) is 14.2 Å². The molecule has 3 aliphatic rings. The summed E-state index contributed by atoms with van der Waals surface area (Å²) in [7, 11) is 0. The van der Waals surface area contributed by atoms with Gasteiger partial charge in [0.15, 0.2) is 11.6 Å². The molecule has 1 aromatic carbocycles. The number of benzene rings is 1. The Morgan fingerprint density at radius 3 is 2.24 bits per heavy atom. The largest absolute Gasteiger partial charge is 0.506 e. The van der Waals surface area contributed by atoms with Gasteiger partial charge in [-0.2, -0.15) is 0 Å². The Labute approximate surface area is 292 Å². The summed E-state index contributed by atoms with van der Waals surface area (Å²) in [5.41, 5.74) is 1.01. The third-order valence-corrected chi connectivity index (χ3v) is 10.5. The lowest BCUT2D eigenvalue weighted by atomic mass is 9.69. The molecular formula is C41H56O8. The average Bonchev–Trinajstić information content (AvgIpc) is 3.05. The van der Waals surface area contributed by atoms with Crippen molar-refractivity contribution in [3.8, 4) is 17.2 Å². The number of carboxylic acid groups (broad SMARTS) is 1. The maximum absolute atomic E-state index is 14.6. The summed E-state index contributed by atoms with van der Waals surface area (Å²) in [4.78, 5) is 39.9. The fraction of sp³-hybridized carbons (Fsp3) is 0.585. The highest BCUT2D eigenvalue weighted by Gasteiger charge is 2.55. The molecule has 49 heavy (non-hydrogen) atoms. The second-order valence-corrected chi connectivity index (χ2v) is 15.8. The van der Waals surface area contributed by atoms with Gasteiger partial charge in [0.25, 0.3) is 0 Å². The van der Waals surface area contributed by atoms with Gasteiger partial charge in [0.05, 0.1) is 17.1 Å². The van der Waals surface area contributed by atoms with E-state index in [0.717, 1.165) is 18.4 Å². The van der Waals surface area contributed by atoms with Gasteiger partial charge in [-0.1, -0.05) is 43.2 Å². The standard InChI is InChI=1S/C41H56O8/c1-12-27-33(43)31-34(44)28-18-20-40(10,19-13-14-23(2)3)48-35(28)29(16-15-24(4)5)36(31)47-37(27)32-26(7)22-30(42)41(11,49-39(32,8)9)21-17-25(6)38(45)46/h14-15,17-18,20,26-27,32,37,44H,12-13,16,19,21-22H2,1-11H3,(H,45,46)/b25-17-/t26-,27?,32?,37?,40?,41?/m1/s1. The predicted octanol–water partition coefficient (Wildman–Crippen LogP) is 8.98. The Bertz CT molecular complexity index is 1620. The van der Waals surface area contributed by atoms with Crippen LogP contribution < -0.4 is 9.47 Å². The molecule has 1 saturated heterocycles. The van der Waals surface area contributed by atoms with E-state index in [-0.39, 0.29) is 47.2 Å². The minimum atomic E-state index is -1.26. The van der Waals surface area contributed by atoms with Crippen molar-refractivity contribution in [2.45, 2.75) is 138 Å². The van der Waals surface area contributed by atoms with Crippen LogP contribution in [0, 0.1) is 17.8 Å².